The quantitative estimate of drug-likeness (QED) is 0.872. The number of nitrogens with one attached hydrogen (secondary N) is 1. The van der Waals surface area contributed by atoms with Crippen molar-refractivity contribution in [3.05, 3.63) is 23.0 Å². The number of rotatable bonds is 4. The average Bonchev–Trinajstić information content (AvgIpc) is 3.08. The number of aryl methyl sites for hydroxylation is 1. The summed E-state index contributed by atoms with van der Waals surface area (Å²) in [6.07, 6.45) is 3.11. The van der Waals surface area contributed by atoms with Gasteiger partial charge in [0.25, 0.3) is 0 Å². The summed E-state index contributed by atoms with van der Waals surface area (Å²) < 4.78 is 6.96. The molecule has 17 heavy (non-hydrogen) atoms. The molecule has 0 bridgehead atoms. The monoisotopic (exact) mass is 236 g/mol. The Balaban J connectivity index is 1.97. The van der Waals surface area contributed by atoms with Gasteiger partial charge in [0.2, 0.25) is 0 Å². The normalized spacial score (nSPS) is 14.8. The highest BCUT2D eigenvalue weighted by molar-refractivity contribution is 5.66. The summed E-state index contributed by atoms with van der Waals surface area (Å²) in [5.74, 6) is 0. The van der Waals surface area contributed by atoms with Crippen LogP contribution in [0.25, 0.3) is 0 Å². The molecule has 0 unspecified atom stereocenters. The number of aromatic nitrogens is 1. The predicted molar refractivity (Wildman–Crippen MR) is 66.3 cm³/mol. The van der Waals surface area contributed by atoms with E-state index < -0.39 is 0 Å². The molecule has 0 spiro atoms. The Bertz CT molecular complexity index is 419. The molecule has 1 amide bonds. The summed E-state index contributed by atoms with van der Waals surface area (Å²) in [6, 6.07) is 2.95. The average molecular weight is 236 g/mol. The third kappa shape index (κ3) is 2.62. The highest BCUT2D eigenvalue weighted by Gasteiger charge is 2.26. The predicted octanol–water partition coefficient (Wildman–Crippen LogP) is 2.34. The van der Waals surface area contributed by atoms with Crippen LogP contribution in [0.1, 0.15) is 35.8 Å². The third-order valence-electron chi connectivity index (χ3n) is 3.35. The molecule has 0 radical (unpaired) electrons. The Morgan fingerprint density at radius 2 is 2.24 bits per heavy atom. The smallest absolute Gasteiger partial charge is 0.406 e. The summed E-state index contributed by atoms with van der Waals surface area (Å²) in [4.78, 5) is 10.9. The van der Waals surface area contributed by atoms with Crippen LogP contribution in [0.5, 0.6) is 0 Å². The van der Waals surface area contributed by atoms with Crippen LogP contribution < -0.4 is 5.32 Å². The first-order chi connectivity index (χ1) is 8.13. The first-order valence-corrected chi connectivity index (χ1v) is 6.12. The van der Waals surface area contributed by atoms with Crippen LogP contribution in [0.2, 0.25) is 0 Å². The molecule has 2 rings (SSSR count). The fraction of sp³-hybridized carbons (Fsp3) is 0.615. The second-order valence-electron chi connectivity index (χ2n) is 4.67. The summed E-state index contributed by atoms with van der Waals surface area (Å²) >= 11 is 0. The molecule has 1 heterocycles. The number of carbonyl (C=O) groups excluding carboxylic acids is 1. The lowest BCUT2D eigenvalue weighted by Crippen LogP contribution is -2.25. The van der Waals surface area contributed by atoms with E-state index in [0.717, 1.165) is 12.5 Å². The lowest BCUT2D eigenvalue weighted by molar-refractivity contribution is 0.171. The molecule has 1 aromatic heterocycles. The van der Waals surface area contributed by atoms with Crippen LogP contribution in [0.3, 0.4) is 0 Å². The number of alkyl carbamates (subject to hydrolysis) is 1. The van der Waals surface area contributed by atoms with Gasteiger partial charge in [-0.2, -0.15) is 0 Å². The molecule has 1 fully saturated rings. The highest BCUT2D eigenvalue weighted by atomic mass is 16.5. The van der Waals surface area contributed by atoms with Gasteiger partial charge >= 0.3 is 6.09 Å². The molecule has 0 aromatic carbocycles. The van der Waals surface area contributed by atoms with E-state index in [9.17, 15) is 4.79 Å². The molecule has 4 heteroatoms. The van der Waals surface area contributed by atoms with Gasteiger partial charge in [-0.3, -0.25) is 0 Å². The Hall–Kier alpha value is -1.45. The van der Waals surface area contributed by atoms with Gasteiger partial charge in [-0.1, -0.05) is 0 Å². The van der Waals surface area contributed by atoms with Crippen molar-refractivity contribution in [2.45, 2.75) is 39.2 Å². The van der Waals surface area contributed by atoms with Gasteiger partial charge in [-0.15, -0.1) is 0 Å². The van der Waals surface area contributed by atoms with Crippen molar-refractivity contribution in [2.75, 3.05) is 13.7 Å². The van der Waals surface area contributed by atoms with Crippen molar-refractivity contribution in [3.8, 4) is 0 Å². The van der Waals surface area contributed by atoms with Gasteiger partial charge in [0.05, 0.1) is 7.11 Å². The van der Waals surface area contributed by atoms with Crippen LogP contribution >= 0.6 is 0 Å². The van der Waals surface area contributed by atoms with Gasteiger partial charge in [0.1, 0.15) is 0 Å². The molecule has 4 nitrogen and oxygen atoms in total. The van der Waals surface area contributed by atoms with E-state index in [1.54, 1.807) is 0 Å². The zero-order valence-corrected chi connectivity index (χ0v) is 10.7. The lowest BCUT2D eigenvalue weighted by atomic mass is 10.2. The number of hydrogen-bond acceptors (Lipinski definition) is 2. The summed E-state index contributed by atoms with van der Waals surface area (Å²) in [5.41, 5.74) is 4.00. The third-order valence-corrected chi connectivity index (χ3v) is 3.35. The van der Waals surface area contributed by atoms with Crippen LogP contribution in [-0.2, 0) is 11.2 Å². The van der Waals surface area contributed by atoms with E-state index in [4.69, 9.17) is 0 Å². The zero-order chi connectivity index (χ0) is 12.4. The van der Waals surface area contributed by atoms with E-state index in [1.165, 1.54) is 36.9 Å². The van der Waals surface area contributed by atoms with Crippen molar-refractivity contribution >= 4 is 6.09 Å². The number of carbonyl (C=O) groups is 1. The van der Waals surface area contributed by atoms with E-state index in [1.807, 2.05) is 0 Å². The fourth-order valence-corrected chi connectivity index (χ4v) is 2.36. The van der Waals surface area contributed by atoms with Crippen molar-refractivity contribution in [3.63, 3.8) is 0 Å². The van der Waals surface area contributed by atoms with Crippen LogP contribution in [-0.4, -0.2) is 24.3 Å². The first kappa shape index (κ1) is 12.0. The van der Waals surface area contributed by atoms with Crippen LogP contribution in [0, 0.1) is 13.8 Å². The summed E-state index contributed by atoms with van der Waals surface area (Å²) in [6.45, 7) is 4.95. The number of hydrogen-bond donors (Lipinski definition) is 1. The SMILES string of the molecule is COC(=O)NCCc1cc(C)n(C2CC2)c1C. The Kier molecular flexibility index (Phi) is 3.41. The zero-order valence-electron chi connectivity index (χ0n) is 10.7. The fourth-order valence-electron chi connectivity index (χ4n) is 2.36. The van der Waals surface area contributed by atoms with E-state index in [2.05, 4.69) is 34.5 Å². The second kappa shape index (κ2) is 4.82. The molecule has 1 aliphatic rings. The largest absolute Gasteiger partial charge is 0.453 e. The molecule has 1 aliphatic carbocycles. The molecule has 0 saturated heterocycles. The van der Waals surface area contributed by atoms with Gasteiger partial charge in [-0.05, 0) is 44.7 Å². The number of ether oxygens (including phenoxy) is 1. The van der Waals surface area contributed by atoms with E-state index in [-0.39, 0.29) is 6.09 Å². The summed E-state index contributed by atoms with van der Waals surface area (Å²) in [7, 11) is 1.38. The molecule has 94 valence electrons. The minimum atomic E-state index is -0.360. The van der Waals surface area contributed by atoms with Crippen molar-refractivity contribution < 1.29 is 9.53 Å². The Morgan fingerprint density at radius 3 is 2.82 bits per heavy atom. The van der Waals surface area contributed by atoms with Gasteiger partial charge in [0.15, 0.2) is 0 Å². The van der Waals surface area contributed by atoms with Gasteiger partial charge in [-0.25, -0.2) is 4.79 Å². The topological polar surface area (TPSA) is 43.3 Å². The van der Waals surface area contributed by atoms with Crippen molar-refractivity contribution in [2.24, 2.45) is 0 Å². The Morgan fingerprint density at radius 1 is 1.53 bits per heavy atom. The first-order valence-electron chi connectivity index (χ1n) is 6.12. The number of amides is 1. The molecule has 1 aromatic rings. The Labute approximate surface area is 102 Å². The standard InChI is InChI=1S/C13H20N2O2/c1-9-8-11(6-7-14-13(16)17-3)10(2)15(9)12-4-5-12/h8,12H,4-7H2,1-3H3,(H,14,16). The lowest BCUT2D eigenvalue weighted by Gasteiger charge is -2.08. The van der Waals surface area contributed by atoms with Crippen LogP contribution in [0.4, 0.5) is 4.79 Å². The number of methoxy groups -OCH3 is 1. The molecule has 0 aliphatic heterocycles. The molecule has 1 N–H and O–H groups in total. The van der Waals surface area contributed by atoms with Gasteiger partial charge in [0, 0.05) is 24.0 Å². The van der Waals surface area contributed by atoms with Crippen molar-refractivity contribution in [1.82, 2.24) is 9.88 Å². The van der Waals surface area contributed by atoms with Gasteiger partial charge < -0.3 is 14.6 Å². The molecule has 0 atom stereocenters. The molecule has 1 saturated carbocycles. The maximum atomic E-state index is 10.9. The minimum absolute atomic E-state index is 0.360. The number of nitrogens with zero attached hydrogens (tertiary/aromatic N) is 1. The van der Waals surface area contributed by atoms with Crippen molar-refractivity contribution in [1.29, 1.82) is 0 Å². The van der Waals surface area contributed by atoms with E-state index in [0.29, 0.717) is 6.54 Å². The minimum Gasteiger partial charge on any atom is -0.453 e. The summed E-state index contributed by atoms with van der Waals surface area (Å²) in [5, 5.41) is 2.71. The maximum absolute atomic E-state index is 10.9. The molecular formula is C13H20N2O2. The second-order valence-corrected chi connectivity index (χ2v) is 4.67. The maximum Gasteiger partial charge on any atom is 0.406 e. The van der Waals surface area contributed by atoms with E-state index >= 15 is 0 Å². The van der Waals surface area contributed by atoms with Crippen LogP contribution in [0.15, 0.2) is 6.07 Å². The molecular weight excluding hydrogens is 216 g/mol. The highest BCUT2D eigenvalue weighted by Crippen LogP contribution is 2.38.